The van der Waals surface area contributed by atoms with Gasteiger partial charge in [-0.1, -0.05) is 34.1 Å². The fourth-order valence-corrected chi connectivity index (χ4v) is 13.3. The maximum atomic E-state index is 9.04. The molecule has 0 amide bonds. The van der Waals surface area contributed by atoms with Crippen molar-refractivity contribution in [2.45, 2.75) is 163 Å². The summed E-state index contributed by atoms with van der Waals surface area (Å²) in [4.78, 5) is 0. The second-order valence-corrected chi connectivity index (χ2v) is 37.3. The highest BCUT2D eigenvalue weighted by atomic mass is 16.4. The first-order valence-electron chi connectivity index (χ1n) is 49.6. The Morgan fingerprint density at radius 3 is 0.459 bits per heavy atom. The lowest BCUT2D eigenvalue weighted by Gasteiger charge is -2.41. The van der Waals surface area contributed by atoms with Crippen molar-refractivity contribution in [2.75, 3.05) is 337 Å². The van der Waals surface area contributed by atoms with Crippen LogP contribution in [0.4, 0.5) is 0 Å². The van der Waals surface area contributed by atoms with E-state index < -0.39 is 87.5 Å². The summed E-state index contributed by atoms with van der Waals surface area (Å²) in [6, 6.07) is 0. The molecule has 0 radical (unpaired) electrons. The molecular weight excluding hydrogens is 1960 g/mol. The van der Waals surface area contributed by atoms with Crippen LogP contribution in [0.1, 0.15) is 163 Å². The van der Waals surface area contributed by atoms with Gasteiger partial charge in [-0.25, -0.2) is 0 Å². The minimum atomic E-state index is -1.11. The molecule has 902 valence electrons. The van der Waals surface area contributed by atoms with Crippen LogP contribution in [0.5, 0.6) is 0 Å². The van der Waals surface area contributed by atoms with Gasteiger partial charge in [0.2, 0.25) is 0 Å². The van der Waals surface area contributed by atoms with Crippen LogP contribution in [0.2, 0.25) is 0 Å². The van der Waals surface area contributed by atoms with Crippen LogP contribution in [-0.2, 0) is 0 Å². The highest BCUT2D eigenvalue weighted by Crippen LogP contribution is 2.39. The van der Waals surface area contributed by atoms with Gasteiger partial charge in [-0.05, 0) is 168 Å². The van der Waals surface area contributed by atoms with Crippen molar-refractivity contribution in [3.05, 3.63) is 0 Å². The number of hydrogen-bond acceptors (Lipinski definition) is 51. The van der Waals surface area contributed by atoms with Gasteiger partial charge in [0.05, 0.1) is 124 Å². The third-order valence-electron chi connectivity index (χ3n) is 27.1. The molecule has 3 atom stereocenters. The van der Waals surface area contributed by atoms with E-state index in [1.54, 1.807) is 20.8 Å². The zero-order chi connectivity index (χ0) is 116. The van der Waals surface area contributed by atoms with E-state index in [0.29, 0.717) is 122 Å². The Morgan fingerprint density at radius 1 is 0.137 bits per heavy atom. The molecule has 0 aromatic carbocycles. The average Bonchev–Trinajstić information content (AvgIpc) is 0.805. The van der Waals surface area contributed by atoms with E-state index in [-0.39, 0.29) is 363 Å². The fraction of sp³-hybridized carbons (Fsp3) is 1.00. The van der Waals surface area contributed by atoms with E-state index in [1.165, 1.54) is 0 Å². The van der Waals surface area contributed by atoms with Gasteiger partial charge in [0.15, 0.2) is 0 Å². The lowest BCUT2D eigenvalue weighted by molar-refractivity contribution is -0.0913. The summed E-state index contributed by atoms with van der Waals surface area (Å²) in [5.41, 5.74) is -6.89. The standard InChI is InChI=1S/C9H20O4.C9H20O3.4C8H18O4.4C7H16O4.2C6H14O4.C5H12O4/c10-5-1-9(2-6-11,3-7-12)4-8-13;1-2-9(3-6-10,4-7-11)5-8-12;1-7(3-9,4-10)8(2,5-11)6-12;9-4-1-8(7-12,2-5-10)3-6-11;9-3-1-7(5-11)8(6-12)2-4-10;9-3-1-7(2-4-10)8(5-11)6-12;1-7(4-10,5-11)6(2-8)3-9;8-3-1-7(5-10,6-11)2-4-9;8-2-1-6(3-9)7(4-10)5-11;8-3-1-2-7(4-9,5-10)6-11;7-1-5(2-8)6(3-9)4-10;7-2-1-6(3-8,4-9)5-10;6-1-5(2-7,3-8)4-9/h10-13H,1-8H2;10-12H,2-8H2,1H3;9-12H,3-6H2,1-2H3;9-12H,1-7H2;2*7-12H,1-6H2;6,8-11H,2-5H2,1H3;8-11H,1-6H2;6-11H,1-5H2;8-11H,1-6H2;5-10H,1-4H2;7-10H,1-5H2;6-9H,1-4H2. The summed E-state index contributed by atoms with van der Waals surface area (Å²) < 4.78 is 0. The van der Waals surface area contributed by atoms with Crippen LogP contribution in [0.15, 0.2) is 0 Å². The summed E-state index contributed by atoms with van der Waals surface area (Å²) in [6.07, 6.45) is 10.5. The topological polar surface area (TPSA) is 1030 Å². The summed E-state index contributed by atoms with van der Waals surface area (Å²) >= 11 is 0. The van der Waals surface area contributed by atoms with Gasteiger partial charge in [-0.2, -0.15) is 0 Å². The SMILES string of the molecule is CC(CO)(CO)C(C)(CO)CO.CC(CO)(CO)C(CO)CO.CCC(CCO)(CCO)CCO.OCC(CO)(CO)CO.OCC(CO)C(CO)CO.OCCC(CCO)(CCO)CCO.OCCC(CCO)C(CO)CO.OCCC(CO)(CCO)CCO.OCCC(CO)(CO)CCO.OCCC(CO)(CO)CO.OCCC(CO)C(CO)CCO.OCCC(CO)C(CO)CO.OCCCC(CO)(CO)CO. The molecule has 0 heterocycles. The molecule has 0 aromatic rings. The predicted octanol–water partition coefficient (Wildman–Crippen LogP) is -14.9. The number of rotatable bonds is 78. The molecule has 51 heteroatoms. The largest absolute Gasteiger partial charge is 0.396 e. The van der Waals surface area contributed by atoms with Crippen molar-refractivity contribution in [1.29, 1.82) is 0 Å². The van der Waals surface area contributed by atoms with Gasteiger partial charge >= 0.3 is 0 Å². The number of hydrogen-bond donors (Lipinski definition) is 51. The molecular formula is C95H216O51. The number of aliphatic hydroxyl groups is 51. The highest BCUT2D eigenvalue weighted by Gasteiger charge is 2.44. The van der Waals surface area contributed by atoms with Crippen molar-refractivity contribution < 1.29 is 260 Å². The first kappa shape index (κ1) is 172. The molecule has 0 saturated heterocycles. The lowest BCUT2D eigenvalue weighted by Crippen LogP contribution is -2.48. The van der Waals surface area contributed by atoms with Gasteiger partial charge in [0.1, 0.15) is 0 Å². The van der Waals surface area contributed by atoms with Gasteiger partial charge in [0.25, 0.3) is 0 Å². The molecule has 0 fully saturated rings. The van der Waals surface area contributed by atoms with Crippen LogP contribution >= 0.6 is 0 Å². The Hall–Kier alpha value is -2.04. The van der Waals surface area contributed by atoms with E-state index in [1.807, 2.05) is 6.92 Å². The van der Waals surface area contributed by atoms with Crippen LogP contribution in [0.3, 0.4) is 0 Å². The average molecular weight is 2170 g/mol. The Bertz CT molecular complexity index is 2210. The van der Waals surface area contributed by atoms with Crippen LogP contribution in [-0.4, -0.2) is 597 Å². The van der Waals surface area contributed by atoms with E-state index >= 15 is 0 Å². The molecule has 0 rings (SSSR count). The Labute approximate surface area is 864 Å². The predicted molar refractivity (Wildman–Crippen MR) is 537 cm³/mol. The van der Waals surface area contributed by atoms with Gasteiger partial charge in [-0.15, -0.1) is 0 Å². The van der Waals surface area contributed by atoms with Gasteiger partial charge in [-0.3, -0.25) is 0 Å². The minimum Gasteiger partial charge on any atom is -0.396 e. The summed E-state index contributed by atoms with van der Waals surface area (Å²) in [6.45, 7) is -0.231. The van der Waals surface area contributed by atoms with E-state index in [9.17, 15) is 0 Å². The van der Waals surface area contributed by atoms with E-state index in [2.05, 4.69) is 0 Å². The zero-order valence-corrected chi connectivity index (χ0v) is 87.9. The summed E-state index contributed by atoms with van der Waals surface area (Å²) in [7, 11) is 0. The van der Waals surface area contributed by atoms with Crippen molar-refractivity contribution in [1.82, 2.24) is 0 Å². The molecule has 51 nitrogen and oxygen atoms in total. The third-order valence-corrected chi connectivity index (χ3v) is 27.1. The zero-order valence-electron chi connectivity index (χ0n) is 87.9. The second kappa shape index (κ2) is 117. The summed E-state index contributed by atoms with van der Waals surface area (Å²) in [5, 5.41) is 445. The van der Waals surface area contributed by atoms with E-state index in [0.717, 1.165) is 6.42 Å². The van der Waals surface area contributed by atoms with Crippen molar-refractivity contribution in [3.8, 4) is 0 Å². The second-order valence-electron chi connectivity index (χ2n) is 37.3. The molecule has 0 aliphatic heterocycles. The molecule has 3 unspecified atom stereocenters. The molecule has 51 N–H and O–H groups in total. The Morgan fingerprint density at radius 2 is 0.308 bits per heavy atom. The van der Waals surface area contributed by atoms with Gasteiger partial charge < -0.3 is 260 Å². The minimum absolute atomic E-state index is 0.00710. The van der Waals surface area contributed by atoms with Gasteiger partial charge in [0, 0.05) is 280 Å². The van der Waals surface area contributed by atoms with Crippen molar-refractivity contribution >= 4 is 0 Å². The summed E-state index contributed by atoms with van der Waals surface area (Å²) in [5.74, 6) is -2.21. The molecule has 146 heavy (non-hydrogen) atoms. The highest BCUT2D eigenvalue weighted by molar-refractivity contribution is 4.92. The van der Waals surface area contributed by atoms with Crippen molar-refractivity contribution in [2.24, 2.45) is 107 Å². The normalized spacial score (nSPS) is 12.6. The molecule has 0 bridgehead atoms. The molecule has 0 spiro atoms. The van der Waals surface area contributed by atoms with E-state index in [4.69, 9.17) is 260 Å². The van der Waals surface area contributed by atoms with Crippen molar-refractivity contribution in [3.63, 3.8) is 0 Å². The van der Waals surface area contributed by atoms with Crippen LogP contribution in [0.25, 0.3) is 0 Å². The maximum Gasteiger partial charge on any atom is 0.0627 e. The smallest absolute Gasteiger partial charge is 0.0627 e. The fourth-order valence-electron chi connectivity index (χ4n) is 13.3. The first-order chi connectivity index (χ1) is 69.5. The van der Waals surface area contributed by atoms with Crippen LogP contribution < -0.4 is 0 Å². The molecule has 0 aliphatic rings. The lowest BCUT2D eigenvalue weighted by atomic mass is 9.67. The molecule has 0 aromatic heterocycles. The monoisotopic (exact) mass is 2170 g/mol. The Kier molecular flexibility index (Phi) is 137. The number of aliphatic hydroxyl groups excluding tert-OH is 51. The van der Waals surface area contributed by atoms with Crippen LogP contribution in [0, 0.1) is 107 Å². The maximum absolute atomic E-state index is 9.04. The molecule has 0 aliphatic carbocycles. The quantitative estimate of drug-likeness (QED) is 0.0269. The third kappa shape index (κ3) is 80.7. The Balaban J connectivity index is -0.000000119. The first-order valence-corrected chi connectivity index (χ1v) is 49.6. The molecule has 0 saturated carbocycles.